The number of hydrogen-bond acceptors (Lipinski definition) is 1. The molecule has 0 radical (unpaired) electrons. The molecule has 1 saturated heterocycles. The first-order valence-electron chi connectivity index (χ1n) is 4.09. The van der Waals surface area contributed by atoms with Crippen LogP contribution in [0.15, 0.2) is 0 Å². The van der Waals surface area contributed by atoms with Crippen molar-refractivity contribution in [1.82, 2.24) is 4.90 Å². The molecule has 0 bridgehead atoms. The van der Waals surface area contributed by atoms with E-state index in [-0.39, 0.29) is 0 Å². The molecule has 0 unspecified atom stereocenters. The van der Waals surface area contributed by atoms with Gasteiger partial charge < -0.3 is 4.90 Å². The fraction of sp³-hybridized carbons (Fsp3) is 1.00. The molecule has 0 aliphatic carbocycles. The second kappa shape index (κ2) is 3.21. The molecular weight excluding hydrogens is 110 g/mol. The maximum Gasteiger partial charge on any atom is 0.000992 e. The van der Waals surface area contributed by atoms with E-state index in [4.69, 9.17) is 0 Å². The molecule has 0 aromatic rings. The van der Waals surface area contributed by atoms with Gasteiger partial charge in [-0.15, -0.1) is 0 Å². The highest BCUT2D eigenvalue weighted by Gasteiger charge is 2.18. The Kier molecular flexibility index (Phi) is 2.52. The third-order valence-electron chi connectivity index (χ3n) is 2.39. The molecular formula is C8H17N. The molecule has 9 heavy (non-hydrogen) atoms. The summed E-state index contributed by atoms with van der Waals surface area (Å²) in [6.07, 6.45) is 2.81. The molecule has 1 aliphatic heterocycles. The van der Waals surface area contributed by atoms with Crippen LogP contribution in [0.2, 0.25) is 0 Å². The molecule has 1 atom stereocenters. The first-order chi connectivity index (χ1) is 4.36. The molecule has 0 N–H and O–H groups in total. The van der Waals surface area contributed by atoms with Crippen molar-refractivity contribution in [2.45, 2.75) is 26.7 Å². The van der Waals surface area contributed by atoms with E-state index >= 15 is 0 Å². The van der Waals surface area contributed by atoms with E-state index in [1.54, 1.807) is 0 Å². The van der Waals surface area contributed by atoms with Crippen molar-refractivity contribution in [1.29, 1.82) is 0 Å². The van der Waals surface area contributed by atoms with Gasteiger partial charge in [0.1, 0.15) is 0 Å². The molecule has 0 aromatic heterocycles. The third-order valence-corrected chi connectivity index (χ3v) is 2.39. The van der Waals surface area contributed by atoms with E-state index in [2.05, 4.69) is 18.7 Å². The van der Waals surface area contributed by atoms with Gasteiger partial charge in [-0.05, 0) is 25.4 Å². The predicted molar refractivity (Wildman–Crippen MR) is 40.5 cm³/mol. The van der Waals surface area contributed by atoms with E-state index < -0.39 is 0 Å². The molecule has 1 heteroatoms. The zero-order valence-electron chi connectivity index (χ0n) is 6.56. The normalized spacial score (nSPS) is 29.3. The highest BCUT2D eigenvalue weighted by molar-refractivity contribution is 4.72. The minimum Gasteiger partial charge on any atom is -0.303 e. The Morgan fingerprint density at radius 2 is 2.22 bits per heavy atom. The van der Waals surface area contributed by atoms with Gasteiger partial charge in [0.25, 0.3) is 0 Å². The summed E-state index contributed by atoms with van der Waals surface area (Å²) in [6.45, 7) is 8.49. The first-order valence-corrected chi connectivity index (χ1v) is 4.09. The van der Waals surface area contributed by atoms with Gasteiger partial charge in [-0.1, -0.05) is 20.3 Å². The summed E-state index contributed by atoms with van der Waals surface area (Å²) in [5.41, 5.74) is 0. The average molecular weight is 127 g/mol. The second-order valence-electron chi connectivity index (χ2n) is 2.96. The van der Waals surface area contributed by atoms with Crippen molar-refractivity contribution in [2.75, 3.05) is 19.6 Å². The number of nitrogens with zero attached hydrogens (tertiary/aromatic N) is 1. The summed E-state index contributed by atoms with van der Waals surface area (Å²) in [5, 5.41) is 0. The fourth-order valence-corrected chi connectivity index (χ4v) is 1.53. The molecule has 1 nitrogen and oxygen atoms in total. The molecule has 0 saturated carbocycles. The Labute approximate surface area is 58.0 Å². The smallest absolute Gasteiger partial charge is 0.000992 e. The summed E-state index contributed by atoms with van der Waals surface area (Å²) in [5.74, 6) is 1.00. The Hall–Kier alpha value is -0.0400. The monoisotopic (exact) mass is 127 g/mol. The molecule has 0 amide bonds. The highest BCUT2D eigenvalue weighted by Crippen LogP contribution is 2.17. The van der Waals surface area contributed by atoms with Crippen molar-refractivity contribution in [2.24, 2.45) is 5.92 Å². The molecule has 1 rings (SSSR count). The Morgan fingerprint density at radius 1 is 1.44 bits per heavy atom. The molecule has 1 fully saturated rings. The average Bonchev–Trinajstić information content (AvgIpc) is 2.34. The van der Waals surface area contributed by atoms with Crippen molar-refractivity contribution in [3.63, 3.8) is 0 Å². The van der Waals surface area contributed by atoms with Crippen LogP contribution in [0, 0.1) is 5.92 Å². The first kappa shape index (κ1) is 7.07. The number of likely N-dealkylation sites (tertiary alicyclic amines) is 1. The minimum absolute atomic E-state index is 1.00. The zero-order valence-corrected chi connectivity index (χ0v) is 6.56. The molecule has 0 spiro atoms. The van der Waals surface area contributed by atoms with Gasteiger partial charge in [0.2, 0.25) is 0 Å². The summed E-state index contributed by atoms with van der Waals surface area (Å²) >= 11 is 0. The van der Waals surface area contributed by atoms with E-state index in [1.807, 2.05) is 0 Å². The second-order valence-corrected chi connectivity index (χ2v) is 2.96. The Bertz CT molecular complexity index is 70.6. The maximum atomic E-state index is 2.54. The SMILES string of the molecule is CC[C@H]1CCN(CC)C1. The van der Waals surface area contributed by atoms with Crippen LogP contribution in [0.3, 0.4) is 0 Å². The topological polar surface area (TPSA) is 3.24 Å². The molecule has 54 valence electrons. The summed E-state index contributed by atoms with van der Waals surface area (Å²) in [4.78, 5) is 2.54. The standard InChI is InChI=1S/C8H17N/c1-3-8-5-6-9(4-2)7-8/h8H,3-7H2,1-2H3/t8-/m0/s1. The van der Waals surface area contributed by atoms with Crippen LogP contribution in [0.1, 0.15) is 26.7 Å². The lowest BCUT2D eigenvalue weighted by atomic mass is 10.1. The van der Waals surface area contributed by atoms with E-state index in [0.717, 1.165) is 5.92 Å². The molecule has 1 aliphatic rings. The van der Waals surface area contributed by atoms with Crippen LogP contribution in [0.4, 0.5) is 0 Å². The lowest BCUT2D eigenvalue weighted by molar-refractivity contribution is 0.340. The van der Waals surface area contributed by atoms with Crippen LogP contribution >= 0.6 is 0 Å². The van der Waals surface area contributed by atoms with Crippen LogP contribution < -0.4 is 0 Å². The van der Waals surface area contributed by atoms with Crippen molar-refractivity contribution >= 4 is 0 Å². The van der Waals surface area contributed by atoms with Crippen molar-refractivity contribution < 1.29 is 0 Å². The van der Waals surface area contributed by atoms with Gasteiger partial charge in [0, 0.05) is 6.54 Å². The summed E-state index contributed by atoms with van der Waals surface area (Å²) in [6, 6.07) is 0. The van der Waals surface area contributed by atoms with Crippen molar-refractivity contribution in [3.8, 4) is 0 Å². The quantitative estimate of drug-likeness (QED) is 0.546. The van der Waals surface area contributed by atoms with Crippen LogP contribution in [-0.4, -0.2) is 24.5 Å². The number of hydrogen-bond donors (Lipinski definition) is 0. The fourth-order valence-electron chi connectivity index (χ4n) is 1.53. The highest BCUT2D eigenvalue weighted by atomic mass is 15.1. The number of rotatable bonds is 2. The van der Waals surface area contributed by atoms with E-state index in [1.165, 1.54) is 32.5 Å². The lowest BCUT2D eigenvalue weighted by Crippen LogP contribution is -2.19. The van der Waals surface area contributed by atoms with Crippen LogP contribution in [0.5, 0.6) is 0 Å². The minimum atomic E-state index is 1.00. The van der Waals surface area contributed by atoms with E-state index in [0.29, 0.717) is 0 Å². The van der Waals surface area contributed by atoms with Gasteiger partial charge in [-0.2, -0.15) is 0 Å². The third kappa shape index (κ3) is 1.68. The Balaban J connectivity index is 2.20. The predicted octanol–water partition coefficient (Wildman–Crippen LogP) is 1.74. The van der Waals surface area contributed by atoms with Crippen molar-refractivity contribution in [3.05, 3.63) is 0 Å². The lowest BCUT2D eigenvalue weighted by Gasteiger charge is -2.11. The zero-order chi connectivity index (χ0) is 6.69. The van der Waals surface area contributed by atoms with Crippen LogP contribution in [-0.2, 0) is 0 Å². The van der Waals surface area contributed by atoms with E-state index in [9.17, 15) is 0 Å². The van der Waals surface area contributed by atoms with Crippen LogP contribution in [0.25, 0.3) is 0 Å². The summed E-state index contributed by atoms with van der Waals surface area (Å²) in [7, 11) is 0. The maximum absolute atomic E-state index is 2.54. The van der Waals surface area contributed by atoms with Gasteiger partial charge in [-0.3, -0.25) is 0 Å². The van der Waals surface area contributed by atoms with Gasteiger partial charge in [0.15, 0.2) is 0 Å². The van der Waals surface area contributed by atoms with Gasteiger partial charge >= 0.3 is 0 Å². The Morgan fingerprint density at radius 3 is 2.56 bits per heavy atom. The largest absolute Gasteiger partial charge is 0.303 e. The molecule has 1 heterocycles. The van der Waals surface area contributed by atoms with Gasteiger partial charge in [-0.25, -0.2) is 0 Å². The van der Waals surface area contributed by atoms with Gasteiger partial charge in [0.05, 0.1) is 0 Å². The molecule has 0 aromatic carbocycles. The summed E-state index contributed by atoms with van der Waals surface area (Å²) < 4.78 is 0.